The molecule has 0 saturated heterocycles. The van der Waals surface area contributed by atoms with Gasteiger partial charge in [0.25, 0.3) is 0 Å². The van der Waals surface area contributed by atoms with Crippen LogP contribution in [0.5, 0.6) is 0 Å². The summed E-state index contributed by atoms with van der Waals surface area (Å²) in [7, 11) is 0. The van der Waals surface area contributed by atoms with Crippen LogP contribution < -0.4 is 4.67 Å². The second kappa shape index (κ2) is 5.29. The first-order valence-corrected chi connectivity index (χ1v) is 6.46. The summed E-state index contributed by atoms with van der Waals surface area (Å²) in [6.07, 6.45) is 12.9. The van der Waals surface area contributed by atoms with Crippen molar-refractivity contribution in [2.24, 2.45) is 22.7 Å². The zero-order valence-corrected chi connectivity index (χ0v) is 10.9. The van der Waals surface area contributed by atoms with Gasteiger partial charge in [-0.2, -0.15) is 0 Å². The van der Waals surface area contributed by atoms with Gasteiger partial charge in [-0.15, -0.1) is 0 Å². The van der Waals surface area contributed by atoms with Crippen molar-refractivity contribution < 1.29 is 0 Å². The van der Waals surface area contributed by atoms with Gasteiger partial charge in [-0.05, 0) is 30.2 Å². The highest BCUT2D eigenvalue weighted by Gasteiger charge is 2.42. The fourth-order valence-electron chi connectivity index (χ4n) is 2.25. The van der Waals surface area contributed by atoms with E-state index < -0.39 is 0 Å². The van der Waals surface area contributed by atoms with Crippen molar-refractivity contribution in [3.63, 3.8) is 0 Å². The SMILES string of the molecule is CCC(C)=[N+]=CN=C(C)C1C=CC=CC2CC21. The van der Waals surface area contributed by atoms with Gasteiger partial charge in [0, 0.05) is 19.3 Å². The lowest BCUT2D eigenvalue weighted by Gasteiger charge is -2.05. The molecule has 0 aromatic rings. The van der Waals surface area contributed by atoms with Crippen molar-refractivity contribution >= 4 is 17.8 Å². The molecule has 3 unspecified atom stereocenters. The van der Waals surface area contributed by atoms with Crippen LogP contribution in [-0.2, 0) is 0 Å². The lowest BCUT2D eigenvalue weighted by molar-refractivity contribution is 0.698. The summed E-state index contributed by atoms with van der Waals surface area (Å²) in [6, 6.07) is 0. The Labute approximate surface area is 104 Å². The number of nitrogens with zero attached hydrogens (tertiary/aromatic N) is 2. The standard InChI is InChI=1S/C15H21N2/c1-4-11(2)16-10-17-12(3)14-8-6-5-7-13-9-15(13)14/h5-8,10,13-15H,4,9H2,1-3H3/q+1. The van der Waals surface area contributed by atoms with Crippen LogP contribution in [0.15, 0.2) is 29.3 Å². The van der Waals surface area contributed by atoms with Crippen LogP contribution in [0.1, 0.15) is 33.6 Å². The van der Waals surface area contributed by atoms with E-state index in [0.717, 1.165) is 24.0 Å². The van der Waals surface area contributed by atoms with E-state index in [1.54, 1.807) is 6.34 Å². The lowest BCUT2D eigenvalue weighted by Crippen LogP contribution is -2.12. The van der Waals surface area contributed by atoms with Gasteiger partial charge >= 0.3 is 6.34 Å². The molecule has 90 valence electrons. The van der Waals surface area contributed by atoms with E-state index >= 15 is 0 Å². The van der Waals surface area contributed by atoms with E-state index in [9.17, 15) is 0 Å². The molecule has 2 heteroatoms. The van der Waals surface area contributed by atoms with Gasteiger partial charge in [0.1, 0.15) is 5.71 Å². The third-order valence-electron chi connectivity index (χ3n) is 3.67. The van der Waals surface area contributed by atoms with E-state index in [1.807, 2.05) is 6.92 Å². The molecule has 0 aromatic carbocycles. The summed E-state index contributed by atoms with van der Waals surface area (Å²) in [5, 5.41) is 0. The zero-order chi connectivity index (χ0) is 12.3. The van der Waals surface area contributed by atoms with Crippen LogP contribution >= 0.6 is 0 Å². The number of allylic oxidation sites excluding steroid dienone is 4. The third-order valence-corrected chi connectivity index (χ3v) is 3.67. The van der Waals surface area contributed by atoms with Crippen LogP contribution in [0, 0.1) is 17.8 Å². The first-order valence-electron chi connectivity index (χ1n) is 6.46. The van der Waals surface area contributed by atoms with Crippen LogP contribution in [0.3, 0.4) is 0 Å². The first-order chi connectivity index (χ1) is 8.22. The highest BCUT2D eigenvalue weighted by molar-refractivity contribution is 5.93. The molecule has 0 aliphatic heterocycles. The average Bonchev–Trinajstić information content (AvgIpc) is 3.06. The highest BCUT2D eigenvalue weighted by Crippen LogP contribution is 2.47. The minimum atomic E-state index is 0.503. The maximum absolute atomic E-state index is 4.48. The predicted molar refractivity (Wildman–Crippen MR) is 75.6 cm³/mol. The fourth-order valence-corrected chi connectivity index (χ4v) is 2.25. The summed E-state index contributed by atoms with van der Waals surface area (Å²) >= 11 is 0. The van der Waals surface area contributed by atoms with Gasteiger partial charge in [-0.3, -0.25) is 0 Å². The Bertz CT molecular complexity index is 434. The van der Waals surface area contributed by atoms with Gasteiger partial charge in [-0.25, -0.2) is 4.67 Å². The summed E-state index contributed by atoms with van der Waals surface area (Å²) < 4.78 is 4.30. The monoisotopic (exact) mass is 229 g/mol. The van der Waals surface area contributed by atoms with Crippen LogP contribution in [0.25, 0.3) is 0 Å². The summed E-state index contributed by atoms with van der Waals surface area (Å²) in [6.45, 7) is 6.26. The molecule has 0 bridgehead atoms. The molecule has 1 fully saturated rings. The van der Waals surface area contributed by atoms with Gasteiger partial charge < -0.3 is 0 Å². The number of aliphatic imine (C=N–C) groups is 1. The maximum Gasteiger partial charge on any atom is 0.377 e. The second-order valence-corrected chi connectivity index (χ2v) is 4.96. The topological polar surface area (TPSA) is 26.5 Å². The molecule has 2 aliphatic rings. The van der Waals surface area contributed by atoms with Crippen LogP contribution in [0.4, 0.5) is 0 Å². The van der Waals surface area contributed by atoms with Crippen molar-refractivity contribution in [1.82, 2.24) is 4.67 Å². The largest absolute Gasteiger partial charge is 0.377 e. The minimum Gasteiger partial charge on any atom is -0.217 e. The Hall–Kier alpha value is -1.40. The fraction of sp³-hybridized carbons (Fsp3) is 0.533. The molecule has 1 saturated carbocycles. The summed E-state index contributed by atoms with van der Waals surface area (Å²) in [4.78, 5) is 4.48. The number of rotatable bonds is 3. The molecule has 0 radical (unpaired) electrons. The molecular formula is C15H21N2+. The van der Waals surface area contributed by atoms with Crippen molar-refractivity contribution in [2.45, 2.75) is 33.6 Å². The van der Waals surface area contributed by atoms with E-state index in [-0.39, 0.29) is 0 Å². The Morgan fingerprint density at radius 1 is 1.35 bits per heavy atom. The number of fused-ring (bicyclic) bond motifs is 1. The molecule has 2 nitrogen and oxygen atoms in total. The van der Waals surface area contributed by atoms with Crippen molar-refractivity contribution in [2.75, 3.05) is 0 Å². The highest BCUT2D eigenvalue weighted by atomic mass is 14.8. The van der Waals surface area contributed by atoms with Crippen LogP contribution in [-0.4, -0.2) is 17.8 Å². The minimum absolute atomic E-state index is 0.503. The quantitative estimate of drug-likeness (QED) is 0.404. The summed E-state index contributed by atoms with van der Waals surface area (Å²) in [5.41, 5.74) is 2.31. The molecule has 0 aromatic heterocycles. The molecule has 3 atom stereocenters. The molecule has 0 spiro atoms. The van der Waals surface area contributed by atoms with Gasteiger partial charge in [-0.1, -0.05) is 31.2 Å². The van der Waals surface area contributed by atoms with E-state index in [0.29, 0.717) is 5.92 Å². The predicted octanol–water partition coefficient (Wildman–Crippen LogP) is 2.79. The van der Waals surface area contributed by atoms with Crippen molar-refractivity contribution in [3.05, 3.63) is 24.3 Å². The van der Waals surface area contributed by atoms with Crippen LogP contribution in [0.2, 0.25) is 0 Å². The summed E-state index contributed by atoms with van der Waals surface area (Å²) in [5.74, 6) is 2.06. The van der Waals surface area contributed by atoms with Gasteiger partial charge in [0.2, 0.25) is 0 Å². The molecule has 2 rings (SSSR count). The Morgan fingerprint density at radius 3 is 2.88 bits per heavy atom. The van der Waals surface area contributed by atoms with E-state index in [4.69, 9.17) is 0 Å². The number of hydrogen-bond donors (Lipinski definition) is 0. The molecule has 17 heavy (non-hydrogen) atoms. The first kappa shape index (κ1) is 12.1. The smallest absolute Gasteiger partial charge is 0.217 e. The number of hydrogen-bond acceptors (Lipinski definition) is 0. The Balaban J connectivity index is 2.07. The molecule has 0 amide bonds. The molecule has 0 heterocycles. The average molecular weight is 229 g/mol. The zero-order valence-electron chi connectivity index (χ0n) is 10.9. The molecule has 0 N–H and O–H groups in total. The van der Waals surface area contributed by atoms with Gasteiger partial charge in [0.05, 0.1) is 0 Å². The third kappa shape index (κ3) is 3.04. The normalized spacial score (nSPS) is 30.3. The second-order valence-electron chi connectivity index (χ2n) is 4.96. The Kier molecular flexibility index (Phi) is 3.75. The lowest BCUT2D eigenvalue weighted by atomic mass is 9.97. The maximum atomic E-state index is 4.48. The molecular weight excluding hydrogens is 208 g/mol. The van der Waals surface area contributed by atoms with Gasteiger partial charge in [0.15, 0.2) is 5.71 Å². The Morgan fingerprint density at radius 2 is 2.12 bits per heavy atom. The van der Waals surface area contributed by atoms with E-state index in [2.05, 4.69) is 47.8 Å². The van der Waals surface area contributed by atoms with Crippen molar-refractivity contribution in [3.8, 4) is 0 Å². The molecule has 2 aliphatic carbocycles. The van der Waals surface area contributed by atoms with Crippen molar-refractivity contribution in [1.29, 1.82) is 0 Å². The van der Waals surface area contributed by atoms with E-state index in [1.165, 1.54) is 12.1 Å².